The predicted octanol–water partition coefficient (Wildman–Crippen LogP) is 4.99. The molecule has 1 amide bonds. The molecular formula is C23H17F3N2O. The van der Waals surface area contributed by atoms with E-state index in [9.17, 15) is 18.0 Å². The number of nitrogens with one attached hydrogen (secondary N) is 1. The first kappa shape index (κ1) is 20.2. The van der Waals surface area contributed by atoms with E-state index in [0.29, 0.717) is 22.4 Å². The molecule has 0 aliphatic heterocycles. The first-order valence-electron chi connectivity index (χ1n) is 8.81. The number of hydrogen-bond donors (Lipinski definition) is 1. The average Bonchev–Trinajstić information content (AvgIpc) is 2.73. The Morgan fingerprint density at radius 1 is 1.00 bits per heavy atom. The van der Waals surface area contributed by atoms with Crippen LogP contribution >= 0.6 is 0 Å². The molecule has 3 rings (SSSR count). The van der Waals surface area contributed by atoms with Crippen molar-refractivity contribution in [2.75, 3.05) is 0 Å². The monoisotopic (exact) mass is 394 g/mol. The molecule has 0 saturated carbocycles. The molecule has 0 aliphatic rings. The van der Waals surface area contributed by atoms with Crippen molar-refractivity contribution in [3.8, 4) is 11.8 Å². The molecule has 1 aromatic heterocycles. The van der Waals surface area contributed by atoms with Gasteiger partial charge in [0.25, 0.3) is 5.91 Å². The summed E-state index contributed by atoms with van der Waals surface area (Å²) in [6.45, 7) is 1.67. The van der Waals surface area contributed by atoms with Gasteiger partial charge in [0.15, 0.2) is 0 Å². The number of rotatable bonds is 4. The van der Waals surface area contributed by atoms with Gasteiger partial charge in [-0.05, 0) is 48.9 Å². The zero-order valence-electron chi connectivity index (χ0n) is 15.5. The molecule has 1 N–H and O–H groups in total. The summed E-state index contributed by atoms with van der Waals surface area (Å²) in [7, 11) is 0. The van der Waals surface area contributed by atoms with E-state index in [0.717, 1.165) is 12.1 Å². The number of carbonyl (C=O) groups is 1. The largest absolute Gasteiger partial charge is 0.416 e. The highest BCUT2D eigenvalue weighted by Gasteiger charge is 2.31. The third-order valence-electron chi connectivity index (χ3n) is 4.25. The summed E-state index contributed by atoms with van der Waals surface area (Å²) in [6, 6.07) is 15.9. The van der Waals surface area contributed by atoms with E-state index in [-0.39, 0.29) is 5.91 Å². The number of aromatic nitrogens is 1. The van der Waals surface area contributed by atoms with Crippen molar-refractivity contribution in [2.45, 2.75) is 19.1 Å². The number of nitrogens with zero attached hydrogens (tertiary/aromatic N) is 1. The number of carbonyl (C=O) groups excluding carboxylic acids is 1. The molecule has 2 aromatic carbocycles. The maximum atomic E-state index is 12.9. The first-order chi connectivity index (χ1) is 13.9. The Kier molecular flexibility index (Phi) is 5.99. The van der Waals surface area contributed by atoms with Gasteiger partial charge in [-0.15, -0.1) is 5.92 Å². The van der Waals surface area contributed by atoms with Crippen LogP contribution in [0.3, 0.4) is 0 Å². The van der Waals surface area contributed by atoms with Crippen molar-refractivity contribution >= 4 is 5.91 Å². The minimum absolute atomic E-state index is 0.364. The van der Waals surface area contributed by atoms with Crippen molar-refractivity contribution in [1.29, 1.82) is 0 Å². The Bertz CT molecular complexity index is 1050. The molecule has 3 aromatic rings. The minimum atomic E-state index is -4.44. The van der Waals surface area contributed by atoms with E-state index in [1.807, 2.05) is 0 Å². The normalized spacial score (nSPS) is 11.9. The van der Waals surface area contributed by atoms with Crippen molar-refractivity contribution in [3.63, 3.8) is 0 Å². The second-order valence-electron chi connectivity index (χ2n) is 6.20. The Balaban J connectivity index is 2.04. The van der Waals surface area contributed by atoms with Crippen LogP contribution in [0, 0.1) is 11.8 Å². The highest BCUT2D eigenvalue weighted by atomic mass is 19.4. The van der Waals surface area contributed by atoms with Crippen LogP contribution < -0.4 is 5.32 Å². The van der Waals surface area contributed by atoms with E-state index in [2.05, 4.69) is 22.1 Å². The lowest BCUT2D eigenvalue weighted by molar-refractivity contribution is -0.137. The summed E-state index contributed by atoms with van der Waals surface area (Å²) in [5.41, 5.74) is 1.20. The zero-order chi connectivity index (χ0) is 20.9. The van der Waals surface area contributed by atoms with Crippen molar-refractivity contribution in [1.82, 2.24) is 10.3 Å². The summed E-state index contributed by atoms with van der Waals surface area (Å²) >= 11 is 0. The fraction of sp³-hybridized carbons (Fsp3) is 0.130. The van der Waals surface area contributed by atoms with Crippen LogP contribution in [0.2, 0.25) is 0 Å². The maximum absolute atomic E-state index is 12.9. The van der Waals surface area contributed by atoms with Crippen molar-refractivity contribution < 1.29 is 18.0 Å². The summed E-state index contributed by atoms with van der Waals surface area (Å²) in [5, 5.41) is 2.87. The van der Waals surface area contributed by atoms with Crippen LogP contribution in [0.5, 0.6) is 0 Å². The van der Waals surface area contributed by atoms with E-state index < -0.39 is 17.8 Å². The average molecular weight is 394 g/mol. The molecule has 0 aliphatic carbocycles. The molecule has 0 radical (unpaired) electrons. The van der Waals surface area contributed by atoms with Gasteiger partial charge in [-0.2, -0.15) is 13.2 Å². The molecule has 0 spiro atoms. The van der Waals surface area contributed by atoms with Gasteiger partial charge in [0.05, 0.1) is 17.3 Å². The summed E-state index contributed by atoms with van der Waals surface area (Å²) in [5.74, 6) is 5.36. The van der Waals surface area contributed by atoms with Gasteiger partial charge in [-0.3, -0.25) is 9.78 Å². The van der Waals surface area contributed by atoms with Crippen molar-refractivity contribution in [3.05, 3.63) is 101 Å². The van der Waals surface area contributed by atoms with Gasteiger partial charge in [-0.25, -0.2) is 0 Å². The van der Waals surface area contributed by atoms with Gasteiger partial charge in [0.1, 0.15) is 0 Å². The quantitative estimate of drug-likeness (QED) is 0.634. The third-order valence-corrected chi connectivity index (χ3v) is 4.25. The topological polar surface area (TPSA) is 42.0 Å². The molecule has 0 unspecified atom stereocenters. The molecule has 0 bridgehead atoms. The Hall–Kier alpha value is -3.59. The molecule has 3 nitrogen and oxygen atoms in total. The SMILES string of the molecule is CC#Cc1cccnc1[C@@H](NC(=O)c1ccccc1)c1ccc(C(F)(F)F)cc1. The molecular weight excluding hydrogens is 377 g/mol. The summed E-state index contributed by atoms with van der Waals surface area (Å²) in [4.78, 5) is 17.1. The van der Waals surface area contributed by atoms with E-state index >= 15 is 0 Å². The number of pyridine rings is 1. The van der Waals surface area contributed by atoms with Crippen LogP contribution in [-0.2, 0) is 6.18 Å². The Morgan fingerprint density at radius 3 is 2.31 bits per heavy atom. The van der Waals surface area contributed by atoms with E-state index in [1.54, 1.807) is 55.6 Å². The summed E-state index contributed by atoms with van der Waals surface area (Å²) in [6.07, 6.45) is -2.88. The first-order valence-corrected chi connectivity index (χ1v) is 8.81. The predicted molar refractivity (Wildman–Crippen MR) is 104 cm³/mol. The van der Waals surface area contributed by atoms with Crippen LogP contribution in [-0.4, -0.2) is 10.9 Å². The zero-order valence-corrected chi connectivity index (χ0v) is 15.5. The van der Waals surface area contributed by atoms with E-state index in [1.165, 1.54) is 12.1 Å². The fourth-order valence-electron chi connectivity index (χ4n) is 2.87. The van der Waals surface area contributed by atoms with Crippen LogP contribution in [0.1, 0.15) is 45.7 Å². The van der Waals surface area contributed by atoms with Crippen LogP contribution in [0.4, 0.5) is 13.2 Å². The lowest BCUT2D eigenvalue weighted by Crippen LogP contribution is -2.30. The minimum Gasteiger partial charge on any atom is -0.339 e. The fourth-order valence-corrected chi connectivity index (χ4v) is 2.87. The molecule has 29 heavy (non-hydrogen) atoms. The van der Waals surface area contributed by atoms with Crippen LogP contribution in [0.15, 0.2) is 72.9 Å². The van der Waals surface area contributed by atoms with E-state index in [4.69, 9.17) is 0 Å². The Labute approximate surface area is 166 Å². The number of alkyl halides is 3. The summed E-state index contributed by atoms with van der Waals surface area (Å²) < 4.78 is 38.8. The molecule has 146 valence electrons. The standard InChI is InChI=1S/C23H17F3N2O/c1-2-7-16-10-6-15-27-20(16)21(28-22(29)18-8-4-3-5-9-18)17-11-13-19(14-12-17)23(24,25)26/h3-6,8-15,21H,1H3,(H,28,29)/t21-/m0/s1. The molecule has 1 heterocycles. The van der Waals surface area contributed by atoms with Gasteiger partial charge in [-0.1, -0.05) is 36.3 Å². The van der Waals surface area contributed by atoms with Gasteiger partial charge < -0.3 is 5.32 Å². The number of hydrogen-bond acceptors (Lipinski definition) is 2. The lowest BCUT2D eigenvalue weighted by atomic mass is 9.97. The Morgan fingerprint density at radius 2 is 1.69 bits per heavy atom. The highest BCUT2D eigenvalue weighted by molar-refractivity contribution is 5.94. The molecule has 0 saturated heterocycles. The number of halogens is 3. The molecule has 0 fully saturated rings. The van der Waals surface area contributed by atoms with Gasteiger partial charge >= 0.3 is 6.18 Å². The van der Waals surface area contributed by atoms with Crippen LogP contribution in [0.25, 0.3) is 0 Å². The second-order valence-corrected chi connectivity index (χ2v) is 6.20. The molecule has 1 atom stereocenters. The number of amides is 1. The smallest absolute Gasteiger partial charge is 0.339 e. The van der Waals surface area contributed by atoms with Crippen molar-refractivity contribution in [2.24, 2.45) is 0 Å². The molecule has 6 heteroatoms. The highest BCUT2D eigenvalue weighted by Crippen LogP contribution is 2.31. The van der Waals surface area contributed by atoms with Gasteiger partial charge in [0.2, 0.25) is 0 Å². The van der Waals surface area contributed by atoms with Gasteiger partial charge in [0, 0.05) is 17.3 Å². The second kappa shape index (κ2) is 8.61. The third kappa shape index (κ3) is 4.82. The number of benzene rings is 2. The maximum Gasteiger partial charge on any atom is 0.416 e. The lowest BCUT2D eigenvalue weighted by Gasteiger charge is -2.21.